The quantitative estimate of drug-likeness (QED) is 0.935. The molecule has 0 amide bonds. The molecular weight excluding hydrogens is 300 g/mol. The summed E-state index contributed by atoms with van der Waals surface area (Å²) >= 11 is 0. The number of para-hydroxylation sites is 1. The van der Waals surface area contributed by atoms with Crippen molar-refractivity contribution in [1.29, 1.82) is 0 Å². The van der Waals surface area contributed by atoms with E-state index in [0.717, 1.165) is 47.8 Å². The second-order valence-corrected chi connectivity index (χ2v) is 7.23. The van der Waals surface area contributed by atoms with Crippen molar-refractivity contribution in [3.63, 3.8) is 0 Å². The van der Waals surface area contributed by atoms with Crippen LogP contribution in [-0.4, -0.2) is 41.2 Å². The summed E-state index contributed by atoms with van der Waals surface area (Å²) in [4.78, 5) is 7.01. The van der Waals surface area contributed by atoms with Gasteiger partial charge in [-0.2, -0.15) is 0 Å². The molecule has 4 nitrogen and oxygen atoms in total. The van der Waals surface area contributed by atoms with Crippen molar-refractivity contribution in [1.82, 2.24) is 9.88 Å². The van der Waals surface area contributed by atoms with Crippen LogP contribution in [-0.2, 0) is 0 Å². The Morgan fingerprint density at radius 1 is 1.38 bits per heavy atom. The van der Waals surface area contributed by atoms with E-state index in [2.05, 4.69) is 16.8 Å². The van der Waals surface area contributed by atoms with Gasteiger partial charge in [0.2, 0.25) is 5.88 Å². The summed E-state index contributed by atoms with van der Waals surface area (Å²) in [7, 11) is 1.63. The molecule has 2 unspecified atom stereocenters. The number of aromatic nitrogens is 1. The normalized spacial score (nSPS) is 30.5. The van der Waals surface area contributed by atoms with Crippen molar-refractivity contribution in [3.05, 3.63) is 35.9 Å². The summed E-state index contributed by atoms with van der Waals surface area (Å²) in [5.41, 5.74) is 1.83. The number of fused-ring (bicyclic) bond motifs is 4. The van der Waals surface area contributed by atoms with E-state index in [4.69, 9.17) is 4.74 Å². The number of hydrogen-bond acceptors (Lipinski definition) is 4. The number of nitrogens with zero attached hydrogens (tertiary/aromatic N) is 2. The highest BCUT2D eigenvalue weighted by Gasteiger charge is 2.42. The number of ether oxygens (including phenoxy) is 1. The molecule has 24 heavy (non-hydrogen) atoms. The van der Waals surface area contributed by atoms with Gasteiger partial charge < -0.3 is 9.84 Å². The van der Waals surface area contributed by atoms with Gasteiger partial charge in [0.25, 0.3) is 0 Å². The van der Waals surface area contributed by atoms with E-state index in [0.29, 0.717) is 5.88 Å². The summed E-state index contributed by atoms with van der Waals surface area (Å²) in [6, 6.07) is 10.1. The molecule has 128 valence electrons. The largest absolute Gasteiger partial charge is 0.481 e. The van der Waals surface area contributed by atoms with Crippen LogP contribution in [0.5, 0.6) is 5.88 Å². The molecule has 1 aromatic carbocycles. The predicted octanol–water partition coefficient (Wildman–Crippen LogP) is 3.40. The maximum atomic E-state index is 11.2. The molecule has 3 fully saturated rings. The van der Waals surface area contributed by atoms with Crippen LogP contribution in [0, 0.1) is 11.8 Å². The Balaban J connectivity index is 1.70. The van der Waals surface area contributed by atoms with Gasteiger partial charge >= 0.3 is 0 Å². The van der Waals surface area contributed by atoms with E-state index in [1.54, 1.807) is 7.11 Å². The van der Waals surface area contributed by atoms with Gasteiger partial charge in [-0.25, -0.2) is 4.98 Å². The molecule has 0 spiro atoms. The molecular formula is C20H26N2O2. The van der Waals surface area contributed by atoms with E-state index in [1.165, 1.54) is 12.8 Å². The first-order chi connectivity index (χ1) is 11.7. The standard InChI is InChI=1S/C20H26N2O2/c1-3-13-12-22-9-8-14(13)10-18(22)20(23)16-11-19(24-2)21-17-7-5-4-6-15(16)17/h4-7,11,13-14,18,20,23H,3,8-10,12H2,1-2H3/t13-,14+,18-,20?/m0/s1. The summed E-state index contributed by atoms with van der Waals surface area (Å²) in [5, 5.41) is 12.2. The molecule has 4 heteroatoms. The minimum atomic E-state index is -0.493. The van der Waals surface area contributed by atoms with E-state index in [1.807, 2.05) is 30.3 Å². The fourth-order valence-electron chi connectivity index (χ4n) is 4.70. The van der Waals surface area contributed by atoms with Gasteiger partial charge in [0.05, 0.1) is 18.7 Å². The number of benzene rings is 1. The monoisotopic (exact) mass is 326 g/mol. The van der Waals surface area contributed by atoms with Crippen molar-refractivity contribution in [2.75, 3.05) is 20.2 Å². The first-order valence-corrected chi connectivity index (χ1v) is 9.07. The Bertz CT molecular complexity index is 733. The van der Waals surface area contributed by atoms with Crippen LogP contribution < -0.4 is 4.74 Å². The molecule has 5 rings (SSSR count). The number of piperidine rings is 3. The lowest BCUT2D eigenvalue weighted by Crippen LogP contribution is -2.55. The van der Waals surface area contributed by atoms with E-state index >= 15 is 0 Å². The Labute approximate surface area is 143 Å². The Kier molecular flexibility index (Phi) is 4.19. The summed E-state index contributed by atoms with van der Waals surface area (Å²) in [6.45, 7) is 4.53. The lowest BCUT2D eigenvalue weighted by Gasteiger charge is -2.51. The Morgan fingerprint density at radius 3 is 2.92 bits per heavy atom. The van der Waals surface area contributed by atoms with Crippen LogP contribution in [0.25, 0.3) is 10.9 Å². The first kappa shape index (κ1) is 15.9. The van der Waals surface area contributed by atoms with Crippen LogP contribution >= 0.6 is 0 Å². The topological polar surface area (TPSA) is 45.6 Å². The molecule has 3 saturated heterocycles. The Hall–Kier alpha value is -1.65. The van der Waals surface area contributed by atoms with Crippen LogP contribution in [0.1, 0.15) is 37.9 Å². The third kappa shape index (κ3) is 2.58. The number of methoxy groups -OCH3 is 1. The van der Waals surface area contributed by atoms with Gasteiger partial charge in [-0.1, -0.05) is 31.5 Å². The Morgan fingerprint density at radius 2 is 2.21 bits per heavy atom. The molecule has 2 bridgehead atoms. The van der Waals surface area contributed by atoms with Gasteiger partial charge in [-0.05, 0) is 42.9 Å². The van der Waals surface area contributed by atoms with Crippen molar-refractivity contribution >= 4 is 10.9 Å². The van der Waals surface area contributed by atoms with Crippen molar-refractivity contribution < 1.29 is 9.84 Å². The smallest absolute Gasteiger partial charge is 0.213 e. The maximum Gasteiger partial charge on any atom is 0.213 e. The fraction of sp³-hybridized carbons (Fsp3) is 0.550. The predicted molar refractivity (Wildman–Crippen MR) is 95.1 cm³/mol. The highest BCUT2D eigenvalue weighted by Crippen LogP contribution is 2.43. The second-order valence-electron chi connectivity index (χ2n) is 7.23. The molecule has 1 N–H and O–H groups in total. The number of rotatable bonds is 4. The lowest BCUT2D eigenvalue weighted by molar-refractivity contribution is -0.0562. The van der Waals surface area contributed by atoms with Gasteiger partial charge in [-0.15, -0.1) is 0 Å². The molecule has 4 heterocycles. The average molecular weight is 326 g/mol. The number of aliphatic hydroxyl groups excluding tert-OH is 1. The number of pyridine rings is 1. The second kappa shape index (κ2) is 6.34. The average Bonchev–Trinajstić information content (AvgIpc) is 2.66. The van der Waals surface area contributed by atoms with E-state index < -0.39 is 6.10 Å². The van der Waals surface area contributed by atoms with Crippen molar-refractivity contribution in [2.24, 2.45) is 11.8 Å². The first-order valence-electron chi connectivity index (χ1n) is 9.07. The number of hydrogen-bond donors (Lipinski definition) is 1. The molecule has 3 aliphatic rings. The summed E-state index contributed by atoms with van der Waals surface area (Å²) < 4.78 is 5.36. The zero-order valence-corrected chi connectivity index (χ0v) is 14.5. The van der Waals surface area contributed by atoms with Crippen LogP contribution in [0.2, 0.25) is 0 Å². The van der Waals surface area contributed by atoms with Crippen LogP contribution in [0.3, 0.4) is 0 Å². The molecule has 2 aromatic rings. The van der Waals surface area contributed by atoms with E-state index in [-0.39, 0.29) is 6.04 Å². The molecule has 1 aromatic heterocycles. The highest BCUT2D eigenvalue weighted by atomic mass is 16.5. The summed E-state index contributed by atoms with van der Waals surface area (Å²) in [6.07, 6.45) is 3.13. The molecule has 0 saturated carbocycles. The molecule has 0 radical (unpaired) electrons. The van der Waals surface area contributed by atoms with Gasteiger partial charge in [0, 0.05) is 24.0 Å². The zero-order valence-electron chi connectivity index (χ0n) is 14.5. The van der Waals surface area contributed by atoms with Crippen LogP contribution in [0.4, 0.5) is 0 Å². The summed E-state index contributed by atoms with van der Waals surface area (Å²) in [5.74, 6) is 2.13. The van der Waals surface area contributed by atoms with Crippen LogP contribution in [0.15, 0.2) is 30.3 Å². The SMILES string of the molecule is CC[C@H]1CN2CC[C@@H]1C[C@H]2C(O)c1cc(OC)nc2ccccc12. The minimum absolute atomic E-state index is 0.210. The lowest BCUT2D eigenvalue weighted by atomic mass is 9.72. The van der Waals surface area contributed by atoms with Crippen molar-refractivity contribution in [2.45, 2.75) is 38.3 Å². The van der Waals surface area contributed by atoms with Crippen molar-refractivity contribution in [3.8, 4) is 5.88 Å². The molecule has 0 aliphatic carbocycles. The highest BCUT2D eigenvalue weighted by molar-refractivity contribution is 5.83. The maximum absolute atomic E-state index is 11.2. The third-order valence-corrected chi connectivity index (χ3v) is 6.08. The molecule has 5 atom stereocenters. The van der Waals surface area contributed by atoms with Gasteiger partial charge in [-0.3, -0.25) is 4.90 Å². The fourth-order valence-corrected chi connectivity index (χ4v) is 4.70. The van der Waals surface area contributed by atoms with E-state index in [9.17, 15) is 5.11 Å². The zero-order chi connectivity index (χ0) is 16.7. The molecule has 3 aliphatic heterocycles. The third-order valence-electron chi connectivity index (χ3n) is 6.08. The van der Waals surface area contributed by atoms with Gasteiger partial charge in [0.1, 0.15) is 0 Å². The minimum Gasteiger partial charge on any atom is -0.481 e. The van der Waals surface area contributed by atoms with Gasteiger partial charge in [0.15, 0.2) is 0 Å². The number of aliphatic hydroxyl groups is 1.